The lowest BCUT2D eigenvalue weighted by atomic mass is 10.2. The van der Waals surface area contributed by atoms with Gasteiger partial charge in [-0.3, -0.25) is 0 Å². The SMILES string of the molecule is Fc1ccccc1-n1ncc(CCl)c1C(F)(F)F. The summed E-state index contributed by atoms with van der Waals surface area (Å²) < 4.78 is 52.7. The highest BCUT2D eigenvalue weighted by atomic mass is 35.5. The average molecular weight is 279 g/mol. The van der Waals surface area contributed by atoms with Gasteiger partial charge in [-0.05, 0) is 12.1 Å². The van der Waals surface area contributed by atoms with Crippen LogP contribution in [0.1, 0.15) is 11.3 Å². The van der Waals surface area contributed by atoms with E-state index in [1.54, 1.807) is 0 Å². The van der Waals surface area contributed by atoms with Crippen molar-refractivity contribution in [2.75, 3.05) is 0 Å². The Hall–Kier alpha value is -1.56. The standard InChI is InChI=1S/C11H7ClF4N2/c12-5-7-6-17-18(10(7)11(14,15)16)9-4-2-1-3-8(9)13/h1-4,6H,5H2. The van der Waals surface area contributed by atoms with Crippen molar-refractivity contribution >= 4 is 11.6 Å². The van der Waals surface area contributed by atoms with Crippen LogP contribution in [0.4, 0.5) is 17.6 Å². The van der Waals surface area contributed by atoms with Crippen LogP contribution < -0.4 is 0 Å². The fourth-order valence-corrected chi connectivity index (χ4v) is 1.78. The second-order valence-electron chi connectivity index (χ2n) is 3.51. The summed E-state index contributed by atoms with van der Waals surface area (Å²) in [5.74, 6) is -1.13. The van der Waals surface area contributed by atoms with Crippen LogP contribution >= 0.6 is 11.6 Å². The molecular weight excluding hydrogens is 272 g/mol. The third-order valence-electron chi connectivity index (χ3n) is 2.34. The highest BCUT2D eigenvalue weighted by Gasteiger charge is 2.38. The number of hydrogen-bond donors (Lipinski definition) is 0. The van der Waals surface area contributed by atoms with Crippen molar-refractivity contribution in [3.63, 3.8) is 0 Å². The normalized spacial score (nSPS) is 11.8. The Bertz CT molecular complexity index is 562. The number of rotatable bonds is 2. The number of hydrogen-bond acceptors (Lipinski definition) is 1. The molecule has 0 atom stereocenters. The van der Waals surface area contributed by atoms with Gasteiger partial charge in [-0.25, -0.2) is 9.07 Å². The third kappa shape index (κ3) is 2.20. The lowest BCUT2D eigenvalue weighted by Gasteiger charge is -2.12. The summed E-state index contributed by atoms with van der Waals surface area (Å²) >= 11 is 5.43. The van der Waals surface area contributed by atoms with Crippen molar-refractivity contribution in [2.45, 2.75) is 12.1 Å². The zero-order valence-corrected chi connectivity index (χ0v) is 9.63. The lowest BCUT2D eigenvalue weighted by Crippen LogP contribution is -2.16. The minimum Gasteiger partial charge on any atom is -0.225 e. The van der Waals surface area contributed by atoms with Gasteiger partial charge in [0.25, 0.3) is 0 Å². The maximum atomic E-state index is 13.5. The van der Waals surface area contributed by atoms with Crippen molar-refractivity contribution < 1.29 is 17.6 Å². The van der Waals surface area contributed by atoms with E-state index in [2.05, 4.69) is 5.10 Å². The Balaban J connectivity index is 2.66. The second kappa shape index (κ2) is 4.61. The van der Waals surface area contributed by atoms with Crippen LogP contribution in [0.5, 0.6) is 0 Å². The predicted molar refractivity (Wildman–Crippen MR) is 58.1 cm³/mol. The fraction of sp³-hybridized carbons (Fsp3) is 0.182. The van der Waals surface area contributed by atoms with Gasteiger partial charge in [0.2, 0.25) is 0 Å². The van der Waals surface area contributed by atoms with Gasteiger partial charge in [0.1, 0.15) is 11.5 Å². The topological polar surface area (TPSA) is 17.8 Å². The van der Waals surface area contributed by atoms with Crippen LogP contribution in [-0.2, 0) is 12.1 Å². The summed E-state index contributed by atoms with van der Waals surface area (Å²) in [6.07, 6.45) is -3.66. The number of halogens is 5. The van der Waals surface area contributed by atoms with Gasteiger partial charge in [0.05, 0.1) is 12.1 Å². The summed E-state index contributed by atoms with van der Waals surface area (Å²) in [6, 6.07) is 5.10. The number of para-hydroxylation sites is 1. The van der Waals surface area contributed by atoms with Crippen molar-refractivity contribution in [3.05, 3.63) is 47.5 Å². The summed E-state index contributed by atoms with van der Waals surface area (Å²) in [6.45, 7) is 0. The molecule has 0 saturated heterocycles. The summed E-state index contributed by atoms with van der Waals surface area (Å²) in [5.41, 5.74) is -1.50. The molecule has 2 nitrogen and oxygen atoms in total. The monoisotopic (exact) mass is 278 g/mol. The van der Waals surface area contributed by atoms with E-state index >= 15 is 0 Å². The Labute approximate surface area is 105 Å². The van der Waals surface area contributed by atoms with E-state index in [0.717, 1.165) is 12.3 Å². The zero-order chi connectivity index (χ0) is 13.3. The first-order valence-electron chi connectivity index (χ1n) is 4.90. The molecule has 0 aliphatic carbocycles. The zero-order valence-electron chi connectivity index (χ0n) is 8.88. The quantitative estimate of drug-likeness (QED) is 0.604. The minimum absolute atomic E-state index is 0.188. The molecule has 18 heavy (non-hydrogen) atoms. The summed E-state index contributed by atoms with van der Waals surface area (Å²) in [4.78, 5) is 0. The van der Waals surface area contributed by atoms with Crippen molar-refractivity contribution in [1.82, 2.24) is 9.78 Å². The lowest BCUT2D eigenvalue weighted by molar-refractivity contribution is -0.143. The number of nitrogens with zero attached hydrogens (tertiary/aromatic N) is 2. The maximum absolute atomic E-state index is 13.5. The van der Waals surface area contributed by atoms with E-state index in [0.29, 0.717) is 4.68 Å². The summed E-state index contributed by atoms with van der Waals surface area (Å²) in [5, 5.41) is 3.56. The van der Waals surface area contributed by atoms with Crippen LogP contribution in [0.15, 0.2) is 30.5 Å². The van der Waals surface area contributed by atoms with E-state index in [9.17, 15) is 17.6 Å². The molecule has 0 bridgehead atoms. The van der Waals surface area contributed by atoms with E-state index in [1.165, 1.54) is 18.2 Å². The van der Waals surface area contributed by atoms with Crippen LogP contribution in [0.3, 0.4) is 0 Å². The Morgan fingerprint density at radius 3 is 2.44 bits per heavy atom. The van der Waals surface area contributed by atoms with Crippen LogP contribution in [0.2, 0.25) is 0 Å². The average Bonchev–Trinajstić information content (AvgIpc) is 2.73. The molecule has 0 saturated carbocycles. The van der Waals surface area contributed by atoms with Gasteiger partial charge in [-0.15, -0.1) is 11.6 Å². The molecule has 96 valence electrons. The molecule has 0 fully saturated rings. The Morgan fingerprint density at radius 2 is 1.89 bits per heavy atom. The highest BCUT2D eigenvalue weighted by molar-refractivity contribution is 6.17. The molecule has 2 rings (SSSR count). The van der Waals surface area contributed by atoms with Gasteiger partial charge >= 0.3 is 6.18 Å². The van der Waals surface area contributed by atoms with Crippen LogP contribution in [0.25, 0.3) is 5.69 Å². The fourth-order valence-electron chi connectivity index (χ4n) is 1.59. The van der Waals surface area contributed by atoms with Gasteiger partial charge in [0.15, 0.2) is 5.69 Å². The van der Waals surface area contributed by atoms with E-state index in [-0.39, 0.29) is 17.1 Å². The first kappa shape index (κ1) is 12.9. The molecule has 0 aliphatic heterocycles. The molecule has 7 heteroatoms. The minimum atomic E-state index is -4.65. The molecule has 0 unspecified atom stereocenters. The molecule has 0 N–H and O–H groups in total. The molecule has 0 aliphatic rings. The summed E-state index contributed by atoms with van der Waals surface area (Å²) in [7, 11) is 0. The van der Waals surface area contributed by atoms with Crippen LogP contribution in [0, 0.1) is 5.82 Å². The smallest absolute Gasteiger partial charge is 0.225 e. The largest absolute Gasteiger partial charge is 0.433 e. The molecular formula is C11H7ClF4N2. The van der Waals surface area contributed by atoms with E-state index < -0.39 is 17.7 Å². The van der Waals surface area contributed by atoms with Gasteiger partial charge in [-0.1, -0.05) is 12.1 Å². The van der Waals surface area contributed by atoms with Crippen molar-refractivity contribution in [2.24, 2.45) is 0 Å². The number of aromatic nitrogens is 2. The maximum Gasteiger partial charge on any atom is 0.433 e. The molecule has 1 heterocycles. The van der Waals surface area contributed by atoms with Crippen LogP contribution in [-0.4, -0.2) is 9.78 Å². The van der Waals surface area contributed by atoms with Crippen molar-refractivity contribution in [1.29, 1.82) is 0 Å². The Morgan fingerprint density at radius 1 is 1.22 bits per heavy atom. The number of alkyl halides is 4. The molecule has 0 radical (unpaired) electrons. The number of benzene rings is 1. The molecule has 0 amide bonds. The van der Waals surface area contributed by atoms with Gasteiger partial charge < -0.3 is 0 Å². The molecule has 1 aromatic carbocycles. The van der Waals surface area contributed by atoms with Crippen molar-refractivity contribution in [3.8, 4) is 5.69 Å². The first-order valence-corrected chi connectivity index (χ1v) is 5.43. The first-order chi connectivity index (χ1) is 8.45. The molecule has 0 spiro atoms. The van der Waals surface area contributed by atoms with E-state index in [4.69, 9.17) is 11.6 Å². The van der Waals surface area contributed by atoms with Gasteiger partial charge in [0, 0.05) is 5.56 Å². The Kier molecular flexibility index (Phi) is 3.30. The second-order valence-corrected chi connectivity index (χ2v) is 3.78. The molecule has 1 aromatic heterocycles. The molecule has 2 aromatic rings. The van der Waals surface area contributed by atoms with E-state index in [1.807, 2.05) is 0 Å². The third-order valence-corrected chi connectivity index (χ3v) is 2.63. The predicted octanol–water partition coefficient (Wildman–Crippen LogP) is 3.77. The van der Waals surface area contributed by atoms with Gasteiger partial charge in [-0.2, -0.15) is 18.3 Å². The highest BCUT2D eigenvalue weighted by Crippen LogP contribution is 2.34.